The maximum Gasteiger partial charge on any atom is 1.00 e. The molecule has 0 saturated carbocycles. The van der Waals surface area contributed by atoms with E-state index in [1.807, 2.05) is 59.7 Å². The van der Waals surface area contributed by atoms with Gasteiger partial charge in [-0.05, 0) is 107 Å². The number of hydrogen-bond acceptors (Lipinski definition) is 23. The minimum absolute atomic E-state index is 0. The molecule has 2 aliphatic rings. The predicted molar refractivity (Wildman–Crippen MR) is 454 cm³/mol. The SMILES string of the molecule is CC(C)Nc1nc(-c2cc(=O)c3ccc(O)c(Cl)c3[nH]2)co1.CC(C)Nc1nc(-c2cc(=O)c3ccc(OCCN4CCOCC4)c(Cl)c3[nH]2)co1.COc1ccc(C(C)=O)c(CC(=O)c2coc(CC(C)C)n2)c1Cl.COc1ccc2c(=O)cc(-c3coc(CC(C)C)n3)[nH]c2c1Cl.Cc1ccccc1.ClCCN1CCOCC1.[H-].[Na+]. The molecule has 2 aliphatic heterocycles. The molecule has 5 aromatic carbocycles. The summed E-state index contributed by atoms with van der Waals surface area (Å²) in [6.45, 7) is 29.1. The molecule has 6 N–H and O–H groups in total. The number of aromatic hydroxyl groups is 1. The number of H-pyrrole nitrogens is 3. The number of carbonyl (C=O) groups excluding carboxylic acids is 2. The maximum atomic E-state index is 12.6. The number of methoxy groups -OCH3 is 2. The number of nitrogens with one attached hydrogen (secondary N) is 5. The third-order valence-corrected chi connectivity index (χ3v) is 19.2. The Morgan fingerprint density at radius 3 is 1.45 bits per heavy atom. The molecule has 2 fully saturated rings. The standard InChI is InChI=1S/C21H25ClN4O4.C18H20ClNO4.C17H17ClN2O3.C15H14ClN3O3.C7H8.C6H12ClNO.Na.H/c1-13(2)23-21-25-16(12-30-21)15-11-17(27)14-3-4-18(19(22)20(14)24-15)29-10-7-26-5-8-28-9-6-26;1-10(2)7-17-20-14(9-24-17)15(22)8-13-12(11(3)21)5-6-16(23-4)18(13)19;1-9(2)6-15-19-12(8-23-15)11-7-13(21)10-4-5-14(22-3)16(18)17(10)20-11;1-7(2)17-15-19-10(6-22-15)9-5-12(21)8-3-4-11(20)13(16)14(8)18-9;1-7-5-3-2-4-6-7;7-1-2-8-3-5-9-6-4-8;;/h3-4,11-13H,5-10H2,1-2H3,(H,23,25)(H,24,27);5-6,9-10H,7-8H2,1-4H3;4-5,7-9H,6H2,1-3H3,(H,20,21);3-7,20H,1-2H3,(H,17,19)(H,18,21);2-6H,1H3;1-6H2;;/q;;;;;;+1;-1. The quantitative estimate of drug-likeness (QED) is 0.0197. The normalized spacial score (nSPS) is 12.8. The summed E-state index contributed by atoms with van der Waals surface area (Å²) in [5, 5.41) is 18.3. The number of ether oxygens (including phenoxy) is 5. The fraction of sp³-hybridized carbons (Fsp3) is 0.369. The molecule has 614 valence electrons. The third-order valence-electron chi connectivity index (χ3n) is 17.5. The van der Waals surface area contributed by atoms with E-state index in [-0.39, 0.29) is 98.8 Å². The van der Waals surface area contributed by atoms with Crippen molar-refractivity contribution >= 4 is 114 Å². The number of phenolic OH excluding ortho intramolecular Hbond substituents is 1. The van der Waals surface area contributed by atoms with Gasteiger partial charge in [-0.3, -0.25) is 33.8 Å². The topological polar surface area (TPSA) is 334 Å². The van der Waals surface area contributed by atoms with Crippen molar-refractivity contribution in [2.75, 3.05) is 103 Å². The molecule has 0 unspecified atom stereocenters. The summed E-state index contributed by atoms with van der Waals surface area (Å²) in [6, 6.07) is 28.8. The van der Waals surface area contributed by atoms with Crippen LogP contribution in [0.15, 0.2) is 154 Å². The van der Waals surface area contributed by atoms with Gasteiger partial charge in [0.15, 0.2) is 39.6 Å². The van der Waals surface area contributed by atoms with Crippen LogP contribution < -0.4 is 70.7 Å². The van der Waals surface area contributed by atoms with Crippen LogP contribution in [0.5, 0.6) is 23.0 Å². The number of benzene rings is 5. The van der Waals surface area contributed by atoms with E-state index in [9.17, 15) is 29.1 Å². The number of rotatable bonds is 23. The number of ketones is 2. The van der Waals surface area contributed by atoms with Crippen LogP contribution in [0.2, 0.25) is 20.1 Å². The van der Waals surface area contributed by atoms with E-state index < -0.39 is 0 Å². The van der Waals surface area contributed by atoms with Crippen LogP contribution in [-0.2, 0) is 28.7 Å². The van der Waals surface area contributed by atoms with Gasteiger partial charge in [0.2, 0.25) is 0 Å². The second kappa shape index (κ2) is 45.1. The van der Waals surface area contributed by atoms with Crippen LogP contribution in [-0.4, -0.2) is 166 Å². The fourth-order valence-corrected chi connectivity index (χ4v) is 13.1. The summed E-state index contributed by atoms with van der Waals surface area (Å²) in [7, 11) is 3.01. The van der Waals surface area contributed by atoms with Crippen LogP contribution >= 0.6 is 58.0 Å². The number of nitrogens with zero attached hydrogens (tertiary/aromatic N) is 6. The molecule has 0 atom stereocenters. The van der Waals surface area contributed by atoms with Gasteiger partial charge in [0.1, 0.15) is 92.5 Å². The van der Waals surface area contributed by atoms with E-state index in [4.69, 9.17) is 99.4 Å². The number of oxazole rings is 4. The van der Waals surface area contributed by atoms with Gasteiger partial charge in [-0.2, -0.15) is 9.97 Å². The van der Waals surface area contributed by atoms with Crippen molar-refractivity contribution < 1.29 is 87.0 Å². The minimum atomic E-state index is -0.258. The second-order valence-corrected chi connectivity index (χ2v) is 30.1. The molecule has 0 aliphatic carbocycles. The Labute approximate surface area is 720 Å². The number of aryl methyl sites for hydroxylation is 1. The van der Waals surface area contributed by atoms with Gasteiger partial charge in [-0.25, -0.2) is 9.97 Å². The fourth-order valence-electron chi connectivity index (χ4n) is 11.8. The van der Waals surface area contributed by atoms with E-state index >= 15 is 0 Å². The zero-order valence-corrected chi connectivity index (χ0v) is 73.0. The summed E-state index contributed by atoms with van der Waals surface area (Å²) < 4.78 is 48.3. The van der Waals surface area contributed by atoms with Crippen LogP contribution in [0.3, 0.4) is 0 Å². The summed E-state index contributed by atoms with van der Waals surface area (Å²) >= 11 is 30.8. The van der Waals surface area contributed by atoms with E-state index in [1.165, 1.54) is 75.8 Å². The van der Waals surface area contributed by atoms with Gasteiger partial charge in [-0.1, -0.05) is 110 Å². The molecule has 12 aromatic rings. The number of morpholine rings is 2. The Morgan fingerprint density at radius 2 is 0.983 bits per heavy atom. The second-order valence-electron chi connectivity index (χ2n) is 28.3. The van der Waals surface area contributed by atoms with Gasteiger partial charge in [0.05, 0.1) is 79.3 Å². The first-order valence-electron chi connectivity index (χ1n) is 37.5. The Kier molecular flexibility index (Phi) is 36.0. The number of aromatic amines is 3. The largest absolute Gasteiger partial charge is 1.00 e. The van der Waals surface area contributed by atoms with Crippen molar-refractivity contribution in [1.29, 1.82) is 0 Å². The van der Waals surface area contributed by atoms with E-state index in [0.29, 0.717) is 154 Å². The van der Waals surface area contributed by atoms with Crippen molar-refractivity contribution in [3.8, 4) is 57.2 Å². The molecule has 0 spiro atoms. The number of fused-ring (bicyclic) bond motifs is 3. The van der Waals surface area contributed by atoms with Crippen molar-refractivity contribution in [3.05, 3.63) is 207 Å². The van der Waals surface area contributed by atoms with Gasteiger partial charge >= 0.3 is 29.6 Å². The van der Waals surface area contributed by atoms with Crippen LogP contribution in [0.1, 0.15) is 107 Å². The molecule has 2 saturated heterocycles. The zero-order chi connectivity index (χ0) is 83.0. The molecule has 26 nitrogen and oxygen atoms in total. The Bertz CT molecular complexity index is 5410. The maximum absolute atomic E-state index is 12.6. The predicted octanol–water partition coefficient (Wildman–Crippen LogP) is 14.6. The minimum Gasteiger partial charge on any atom is -1.00 e. The number of halogens is 5. The van der Waals surface area contributed by atoms with Crippen LogP contribution in [0, 0.1) is 18.8 Å². The smallest absolute Gasteiger partial charge is 1.00 e. The third kappa shape index (κ3) is 26.2. The molecular weight excluding hydrogens is 1600 g/mol. The Balaban J connectivity index is 0.000000202. The van der Waals surface area contributed by atoms with Crippen LogP contribution in [0.25, 0.3) is 66.9 Å². The number of hydrogen-bond donors (Lipinski definition) is 6. The number of Topliss-reactive ketones (excluding diaryl/α,β-unsaturated/α-hetero) is 2. The molecule has 0 amide bonds. The zero-order valence-electron chi connectivity index (χ0n) is 68.2. The van der Waals surface area contributed by atoms with Gasteiger partial charge in [0.25, 0.3) is 12.0 Å². The van der Waals surface area contributed by atoms with Crippen molar-refractivity contribution in [2.45, 2.75) is 101 Å². The van der Waals surface area contributed by atoms with Gasteiger partial charge in [0, 0.05) is 116 Å². The molecule has 9 heterocycles. The Hall–Kier alpha value is -9.00. The summed E-state index contributed by atoms with van der Waals surface area (Å²) in [5.74, 6) is 3.67. The summed E-state index contributed by atoms with van der Waals surface area (Å²) in [6.07, 6.45) is 7.19. The monoisotopic (exact) mass is 1700 g/mol. The van der Waals surface area contributed by atoms with E-state index in [1.54, 1.807) is 42.7 Å². The number of alkyl halides is 1. The molecule has 0 bridgehead atoms. The van der Waals surface area contributed by atoms with Crippen molar-refractivity contribution in [3.63, 3.8) is 0 Å². The van der Waals surface area contributed by atoms with Gasteiger partial charge in [-0.15, -0.1) is 11.6 Å². The summed E-state index contributed by atoms with van der Waals surface area (Å²) in [4.78, 5) is 92.8. The van der Waals surface area contributed by atoms with E-state index in [0.717, 1.165) is 78.0 Å². The molecule has 0 radical (unpaired) electrons. The first-order chi connectivity index (χ1) is 55.1. The summed E-state index contributed by atoms with van der Waals surface area (Å²) in [5.41, 5.74) is 6.45. The number of anilines is 2. The van der Waals surface area contributed by atoms with Crippen LogP contribution in [0.4, 0.5) is 12.0 Å². The Morgan fingerprint density at radius 1 is 0.552 bits per heavy atom. The molecular formula is C84H97Cl5N11NaO15. The first-order valence-corrected chi connectivity index (χ1v) is 39.5. The van der Waals surface area contributed by atoms with Gasteiger partial charge < -0.3 is 73.5 Å². The van der Waals surface area contributed by atoms with Crippen molar-refractivity contribution in [2.24, 2.45) is 11.8 Å². The number of carbonyl (C=O) groups is 2. The molecule has 14 rings (SSSR count). The first kappa shape index (κ1) is 92.5. The average Bonchev–Trinajstić information content (AvgIpc) is 1.77. The molecule has 32 heteroatoms. The van der Waals surface area contributed by atoms with E-state index in [2.05, 4.69) is 88.2 Å². The number of pyridine rings is 3. The average molecular weight is 1700 g/mol. The number of aromatic nitrogens is 7. The van der Waals surface area contributed by atoms with Crippen molar-refractivity contribution in [1.82, 2.24) is 44.7 Å². The number of phenols is 1. The molecule has 7 aromatic heterocycles. The molecule has 116 heavy (non-hydrogen) atoms.